The Kier molecular flexibility index (Phi) is 5.07. The second kappa shape index (κ2) is 4.97. The molecule has 0 aromatic carbocycles. The Hall–Kier alpha value is 0.220. The Bertz CT molecular complexity index is 190. The van der Waals surface area contributed by atoms with Gasteiger partial charge < -0.3 is 5.73 Å². The van der Waals surface area contributed by atoms with E-state index in [-0.39, 0.29) is 11.8 Å². The lowest BCUT2D eigenvalue weighted by Gasteiger charge is -2.06. The fourth-order valence-corrected chi connectivity index (χ4v) is 1.79. The van der Waals surface area contributed by atoms with Crippen molar-refractivity contribution in [2.24, 2.45) is 5.73 Å². The van der Waals surface area contributed by atoms with Crippen molar-refractivity contribution in [3.63, 3.8) is 0 Å². The molecular weight excluding hydrogens is 186 g/mol. The topological polar surface area (TPSA) is 80.4 Å². The monoisotopic (exact) mass is 199 g/mol. The fourth-order valence-electron chi connectivity index (χ4n) is 0.598. The van der Waals surface area contributed by atoms with Crippen molar-refractivity contribution < 1.29 is 13.0 Å². The molecule has 0 aliphatic rings. The van der Waals surface area contributed by atoms with E-state index in [1.165, 1.54) is 0 Å². The summed E-state index contributed by atoms with van der Waals surface area (Å²) in [5, 5.41) is 0. The number of hydrogen-bond donors (Lipinski definition) is 2. The molecule has 1 atom stereocenters. The van der Waals surface area contributed by atoms with Crippen molar-refractivity contribution in [3.05, 3.63) is 0 Å². The van der Waals surface area contributed by atoms with E-state index < -0.39 is 10.1 Å². The van der Waals surface area contributed by atoms with Crippen LogP contribution in [0.1, 0.15) is 6.42 Å². The second-order valence-electron chi connectivity index (χ2n) is 2.29. The maximum absolute atomic E-state index is 10.2. The lowest BCUT2D eigenvalue weighted by atomic mass is 10.3. The van der Waals surface area contributed by atoms with Gasteiger partial charge in [0, 0.05) is 11.8 Å². The fraction of sp³-hybridized carbons (Fsp3) is 1.00. The highest BCUT2D eigenvalue weighted by molar-refractivity contribution is 7.98. The number of rotatable bonds is 5. The van der Waals surface area contributed by atoms with Crippen molar-refractivity contribution in [1.29, 1.82) is 0 Å². The normalized spacial score (nSPS) is 14.8. The van der Waals surface area contributed by atoms with E-state index in [9.17, 15) is 8.42 Å². The first-order valence-electron chi connectivity index (χ1n) is 3.15. The lowest BCUT2D eigenvalue weighted by molar-refractivity contribution is 0.478. The van der Waals surface area contributed by atoms with E-state index in [4.69, 9.17) is 10.3 Å². The summed E-state index contributed by atoms with van der Waals surface area (Å²) in [5.74, 6) is 0.476. The highest BCUT2D eigenvalue weighted by Crippen LogP contribution is 2.00. The Morgan fingerprint density at radius 3 is 2.55 bits per heavy atom. The first kappa shape index (κ1) is 11.2. The van der Waals surface area contributed by atoms with Gasteiger partial charge in [0.15, 0.2) is 0 Å². The molecule has 0 rings (SSSR count). The van der Waals surface area contributed by atoms with Crippen LogP contribution < -0.4 is 5.73 Å². The van der Waals surface area contributed by atoms with Gasteiger partial charge in [0.1, 0.15) is 0 Å². The Morgan fingerprint density at radius 1 is 1.64 bits per heavy atom. The van der Waals surface area contributed by atoms with Crippen LogP contribution in [0.4, 0.5) is 0 Å². The summed E-state index contributed by atoms with van der Waals surface area (Å²) < 4.78 is 28.8. The minimum Gasteiger partial charge on any atom is -0.327 e. The molecular formula is C5H13NO3S2. The first-order chi connectivity index (χ1) is 4.95. The third-order valence-corrected chi connectivity index (χ3v) is 2.64. The zero-order valence-corrected chi connectivity index (χ0v) is 7.99. The van der Waals surface area contributed by atoms with Crippen LogP contribution in [0, 0.1) is 0 Å². The van der Waals surface area contributed by atoms with Crippen LogP contribution in [-0.4, -0.2) is 36.8 Å². The summed E-state index contributed by atoms with van der Waals surface area (Å²) in [6.45, 7) is 0. The van der Waals surface area contributed by atoms with E-state index in [1.54, 1.807) is 11.8 Å². The molecule has 11 heavy (non-hydrogen) atoms. The zero-order chi connectivity index (χ0) is 8.91. The van der Waals surface area contributed by atoms with Crippen LogP contribution in [0.3, 0.4) is 0 Å². The molecule has 0 aliphatic carbocycles. The maximum Gasteiger partial charge on any atom is 0.264 e. The summed E-state index contributed by atoms with van der Waals surface area (Å²) in [5.41, 5.74) is 5.50. The first-order valence-corrected chi connectivity index (χ1v) is 6.15. The average molecular weight is 199 g/mol. The lowest BCUT2D eigenvalue weighted by Crippen LogP contribution is -2.25. The van der Waals surface area contributed by atoms with Crippen molar-refractivity contribution in [2.45, 2.75) is 12.5 Å². The van der Waals surface area contributed by atoms with Gasteiger partial charge >= 0.3 is 0 Å². The van der Waals surface area contributed by atoms with Crippen LogP contribution in [-0.2, 0) is 10.1 Å². The zero-order valence-electron chi connectivity index (χ0n) is 6.36. The van der Waals surface area contributed by atoms with Crippen LogP contribution >= 0.6 is 11.8 Å². The predicted molar refractivity (Wildman–Crippen MR) is 47.4 cm³/mol. The van der Waals surface area contributed by atoms with Crippen LogP contribution in [0.25, 0.3) is 0 Å². The summed E-state index contributed by atoms with van der Waals surface area (Å²) in [7, 11) is -3.83. The largest absolute Gasteiger partial charge is 0.327 e. The van der Waals surface area contributed by atoms with E-state index >= 15 is 0 Å². The third-order valence-electron chi connectivity index (χ3n) is 1.13. The van der Waals surface area contributed by atoms with Gasteiger partial charge in [-0.2, -0.15) is 20.2 Å². The molecule has 4 nitrogen and oxygen atoms in total. The molecule has 0 aliphatic heterocycles. The van der Waals surface area contributed by atoms with Gasteiger partial charge in [-0.05, 0) is 12.7 Å². The third kappa shape index (κ3) is 8.12. The molecule has 6 heteroatoms. The number of nitrogens with two attached hydrogens (primary N) is 1. The number of thioether (sulfide) groups is 1. The minimum absolute atomic E-state index is 0.146. The SMILES string of the molecule is CSCC(N)CCS(=O)(=O)O. The minimum atomic E-state index is -3.83. The van der Waals surface area contributed by atoms with Gasteiger partial charge in [0.05, 0.1) is 5.75 Å². The van der Waals surface area contributed by atoms with Gasteiger partial charge in [0.2, 0.25) is 0 Å². The van der Waals surface area contributed by atoms with Crippen LogP contribution in [0.2, 0.25) is 0 Å². The molecule has 0 aromatic rings. The van der Waals surface area contributed by atoms with E-state index in [1.807, 2.05) is 6.26 Å². The van der Waals surface area contributed by atoms with Gasteiger partial charge in [-0.25, -0.2) is 0 Å². The maximum atomic E-state index is 10.2. The number of hydrogen-bond acceptors (Lipinski definition) is 4. The smallest absolute Gasteiger partial charge is 0.264 e. The molecule has 68 valence electrons. The van der Waals surface area contributed by atoms with Gasteiger partial charge in [-0.15, -0.1) is 0 Å². The molecule has 0 radical (unpaired) electrons. The predicted octanol–water partition coefficient (Wildman–Crippen LogP) is -0.0454. The van der Waals surface area contributed by atoms with Crippen molar-refractivity contribution >= 4 is 21.9 Å². The Balaban J connectivity index is 3.54. The molecule has 0 saturated heterocycles. The molecule has 0 aromatic heterocycles. The molecule has 0 amide bonds. The van der Waals surface area contributed by atoms with Gasteiger partial charge in [0.25, 0.3) is 10.1 Å². The standard InChI is InChI=1S/C5H13NO3S2/c1-10-4-5(6)2-3-11(7,8)9/h5H,2-4,6H2,1H3,(H,7,8,9). The van der Waals surface area contributed by atoms with E-state index in [0.717, 1.165) is 5.75 Å². The van der Waals surface area contributed by atoms with Crippen molar-refractivity contribution in [1.82, 2.24) is 0 Å². The summed E-state index contributed by atoms with van der Waals surface area (Å²) in [4.78, 5) is 0. The molecule has 0 fully saturated rings. The van der Waals surface area contributed by atoms with Gasteiger partial charge in [-0.3, -0.25) is 4.55 Å². The van der Waals surface area contributed by atoms with Gasteiger partial charge in [-0.1, -0.05) is 0 Å². The molecule has 0 saturated carbocycles. The van der Waals surface area contributed by atoms with Crippen LogP contribution in [0.5, 0.6) is 0 Å². The summed E-state index contributed by atoms with van der Waals surface area (Å²) >= 11 is 1.56. The molecule has 1 unspecified atom stereocenters. The van der Waals surface area contributed by atoms with Crippen LogP contribution in [0.15, 0.2) is 0 Å². The molecule has 0 heterocycles. The Labute approximate surface area is 71.3 Å². The summed E-state index contributed by atoms with van der Waals surface area (Å²) in [6, 6.07) is -0.146. The Morgan fingerprint density at radius 2 is 2.18 bits per heavy atom. The highest BCUT2D eigenvalue weighted by atomic mass is 32.2. The summed E-state index contributed by atoms with van der Waals surface area (Å²) in [6.07, 6.45) is 2.22. The molecule has 3 N–H and O–H groups in total. The van der Waals surface area contributed by atoms with E-state index in [2.05, 4.69) is 0 Å². The molecule has 0 bridgehead atoms. The van der Waals surface area contributed by atoms with Crippen molar-refractivity contribution in [2.75, 3.05) is 17.8 Å². The molecule has 0 spiro atoms. The second-order valence-corrected chi connectivity index (χ2v) is 4.77. The quantitative estimate of drug-likeness (QED) is 0.607. The van der Waals surface area contributed by atoms with E-state index in [0.29, 0.717) is 6.42 Å². The van der Waals surface area contributed by atoms with Crippen molar-refractivity contribution in [3.8, 4) is 0 Å². The average Bonchev–Trinajstić information content (AvgIpc) is 1.83. The highest BCUT2D eigenvalue weighted by Gasteiger charge is 2.08.